The van der Waals surface area contributed by atoms with Crippen molar-refractivity contribution in [2.45, 2.75) is 50.6 Å². The normalized spacial score (nSPS) is 28.4. The molecule has 1 aliphatic rings. The number of amides is 1. The summed E-state index contributed by atoms with van der Waals surface area (Å²) in [5.74, 6) is -2.81. The molecule has 1 rings (SSSR count). The minimum Gasteiger partial charge on any atom is -0.481 e. The molecular weight excluding hydrogens is 252 g/mol. The summed E-state index contributed by atoms with van der Waals surface area (Å²) in [7, 11) is 0. The standard InChI is InChI=1S/C12H20N2O5/c1-7-3-2-4-12(6-7,11(18)19)14-10(17)8(13)5-9(15)16/h7-8H,2-6,13H2,1H3,(H,14,17)(H,15,16)(H,18,19). The van der Waals surface area contributed by atoms with Gasteiger partial charge in [0, 0.05) is 0 Å². The zero-order valence-electron chi connectivity index (χ0n) is 10.9. The topological polar surface area (TPSA) is 130 Å². The van der Waals surface area contributed by atoms with Crippen LogP contribution in [-0.2, 0) is 14.4 Å². The largest absolute Gasteiger partial charge is 0.481 e. The van der Waals surface area contributed by atoms with Gasteiger partial charge < -0.3 is 21.3 Å². The lowest BCUT2D eigenvalue weighted by atomic mass is 9.76. The number of carboxylic acids is 2. The van der Waals surface area contributed by atoms with Crippen LogP contribution in [0.5, 0.6) is 0 Å². The number of nitrogens with one attached hydrogen (secondary N) is 1. The smallest absolute Gasteiger partial charge is 0.329 e. The fourth-order valence-corrected chi connectivity index (χ4v) is 2.52. The van der Waals surface area contributed by atoms with Crippen LogP contribution < -0.4 is 11.1 Å². The van der Waals surface area contributed by atoms with Crippen LogP contribution in [0.2, 0.25) is 0 Å². The first-order valence-corrected chi connectivity index (χ1v) is 6.29. The SMILES string of the molecule is CC1CCCC(NC(=O)C(N)CC(=O)O)(C(=O)O)C1. The van der Waals surface area contributed by atoms with Gasteiger partial charge in [0.05, 0.1) is 12.5 Å². The summed E-state index contributed by atoms with van der Waals surface area (Å²) >= 11 is 0. The van der Waals surface area contributed by atoms with Crippen molar-refractivity contribution >= 4 is 17.8 Å². The quantitative estimate of drug-likeness (QED) is 0.554. The molecule has 3 unspecified atom stereocenters. The summed E-state index contributed by atoms with van der Waals surface area (Å²) in [6, 6.07) is -1.23. The Balaban J connectivity index is 2.76. The number of carboxylic acid groups (broad SMARTS) is 2. The highest BCUT2D eigenvalue weighted by Crippen LogP contribution is 2.32. The van der Waals surface area contributed by atoms with E-state index in [4.69, 9.17) is 10.8 Å². The molecule has 0 radical (unpaired) electrons. The highest BCUT2D eigenvalue weighted by Gasteiger charge is 2.43. The lowest BCUT2D eigenvalue weighted by Gasteiger charge is -2.37. The van der Waals surface area contributed by atoms with E-state index in [0.717, 1.165) is 6.42 Å². The van der Waals surface area contributed by atoms with Crippen molar-refractivity contribution in [2.75, 3.05) is 0 Å². The Bertz CT molecular complexity index is 384. The molecule has 0 aromatic carbocycles. The predicted molar refractivity (Wildman–Crippen MR) is 66.4 cm³/mol. The second-order valence-corrected chi connectivity index (χ2v) is 5.28. The number of nitrogens with two attached hydrogens (primary N) is 1. The molecule has 0 heterocycles. The minimum atomic E-state index is -1.31. The zero-order chi connectivity index (χ0) is 14.6. The van der Waals surface area contributed by atoms with Gasteiger partial charge in [-0.2, -0.15) is 0 Å². The fourth-order valence-electron chi connectivity index (χ4n) is 2.52. The van der Waals surface area contributed by atoms with Crippen molar-refractivity contribution in [1.82, 2.24) is 5.32 Å². The molecule has 0 aliphatic heterocycles. The van der Waals surface area contributed by atoms with Gasteiger partial charge in [-0.15, -0.1) is 0 Å². The van der Waals surface area contributed by atoms with Crippen molar-refractivity contribution in [3.05, 3.63) is 0 Å². The number of aliphatic carboxylic acids is 2. The van der Waals surface area contributed by atoms with Gasteiger partial charge in [-0.25, -0.2) is 4.79 Å². The second-order valence-electron chi connectivity index (χ2n) is 5.28. The Hall–Kier alpha value is -1.63. The van der Waals surface area contributed by atoms with Crippen LogP contribution in [0.15, 0.2) is 0 Å². The van der Waals surface area contributed by atoms with Crippen LogP contribution in [0.4, 0.5) is 0 Å². The van der Waals surface area contributed by atoms with Gasteiger partial charge in [-0.05, 0) is 18.8 Å². The molecule has 0 spiro atoms. The summed E-state index contributed by atoms with van der Waals surface area (Å²) in [6.45, 7) is 1.93. The molecule has 0 saturated heterocycles. The predicted octanol–water partition coefficient (Wildman–Crippen LogP) is -0.0619. The molecule has 5 N–H and O–H groups in total. The third kappa shape index (κ3) is 3.92. The van der Waals surface area contributed by atoms with E-state index in [1.807, 2.05) is 6.92 Å². The lowest BCUT2D eigenvalue weighted by molar-refractivity contribution is -0.150. The van der Waals surface area contributed by atoms with Gasteiger partial charge in [-0.3, -0.25) is 9.59 Å². The van der Waals surface area contributed by atoms with E-state index in [1.54, 1.807) is 0 Å². The van der Waals surface area contributed by atoms with E-state index >= 15 is 0 Å². The first kappa shape index (κ1) is 15.4. The first-order valence-electron chi connectivity index (χ1n) is 6.29. The minimum absolute atomic E-state index is 0.195. The van der Waals surface area contributed by atoms with Crippen LogP contribution in [-0.4, -0.2) is 39.6 Å². The summed E-state index contributed by atoms with van der Waals surface area (Å²) in [6.07, 6.45) is 1.80. The first-order chi connectivity index (χ1) is 8.77. The number of rotatable bonds is 5. The van der Waals surface area contributed by atoms with E-state index < -0.39 is 35.8 Å². The Morgan fingerprint density at radius 1 is 1.42 bits per heavy atom. The number of carbonyl (C=O) groups is 3. The van der Waals surface area contributed by atoms with Crippen LogP contribution in [0.25, 0.3) is 0 Å². The van der Waals surface area contributed by atoms with Crippen molar-refractivity contribution < 1.29 is 24.6 Å². The molecule has 7 nitrogen and oxygen atoms in total. The third-order valence-electron chi connectivity index (χ3n) is 3.50. The van der Waals surface area contributed by atoms with Gasteiger partial charge in [0.1, 0.15) is 5.54 Å². The monoisotopic (exact) mass is 272 g/mol. The molecular formula is C12H20N2O5. The van der Waals surface area contributed by atoms with Crippen molar-refractivity contribution in [1.29, 1.82) is 0 Å². The highest BCUT2D eigenvalue weighted by atomic mass is 16.4. The second kappa shape index (κ2) is 6.01. The van der Waals surface area contributed by atoms with E-state index in [1.165, 1.54) is 0 Å². The third-order valence-corrected chi connectivity index (χ3v) is 3.50. The maximum absolute atomic E-state index is 11.8. The summed E-state index contributed by atoms with van der Waals surface area (Å²) in [4.78, 5) is 33.7. The summed E-state index contributed by atoms with van der Waals surface area (Å²) < 4.78 is 0. The van der Waals surface area contributed by atoms with Gasteiger partial charge in [0.2, 0.25) is 5.91 Å². The molecule has 0 aromatic heterocycles. The Morgan fingerprint density at radius 2 is 2.05 bits per heavy atom. The van der Waals surface area contributed by atoms with E-state index in [0.29, 0.717) is 19.3 Å². The molecule has 19 heavy (non-hydrogen) atoms. The van der Waals surface area contributed by atoms with Gasteiger partial charge in [0.15, 0.2) is 0 Å². The molecule has 1 fully saturated rings. The molecule has 108 valence electrons. The van der Waals surface area contributed by atoms with E-state index in [-0.39, 0.29) is 5.92 Å². The molecule has 0 aromatic rings. The molecule has 3 atom stereocenters. The average Bonchev–Trinajstić information content (AvgIpc) is 2.27. The van der Waals surface area contributed by atoms with Crippen molar-refractivity contribution in [2.24, 2.45) is 11.7 Å². The molecule has 1 aliphatic carbocycles. The Labute approximate surface area is 111 Å². The fraction of sp³-hybridized carbons (Fsp3) is 0.750. The zero-order valence-corrected chi connectivity index (χ0v) is 10.9. The molecule has 1 saturated carbocycles. The molecule has 7 heteroatoms. The Morgan fingerprint density at radius 3 is 2.53 bits per heavy atom. The van der Waals surface area contributed by atoms with Gasteiger partial charge in [0.25, 0.3) is 0 Å². The van der Waals surface area contributed by atoms with Crippen molar-refractivity contribution in [3.8, 4) is 0 Å². The molecule has 0 bridgehead atoms. The van der Waals surface area contributed by atoms with Crippen LogP contribution in [0.1, 0.15) is 39.0 Å². The highest BCUT2D eigenvalue weighted by molar-refractivity contribution is 5.91. The van der Waals surface area contributed by atoms with Gasteiger partial charge in [-0.1, -0.05) is 19.8 Å². The molecule has 1 amide bonds. The van der Waals surface area contributed by atoms with Crippen LogP contribution >= 0.6 is 0 Å². The lowest BCUT2D eigenvalue weighted by Crippen LogP contribution is -2.60. The van der Waals surface area contributed by atoms with Crippen LogP contribution in [0, 0.1) is 5.92 Å². The number of hydrogen-bond acceptors (Lipinski definition) is 4. The van der Waals surface area contributed by atoms with Crippen LogP contribution in [0.3, 0.4) is 0 Å². The number of carbonyl (C=O) groups excluding carboxylic acids is 1. The van der Waals surface area contributed by atoms with E-state index in [9.17, 15) is 19.5 Å². The summed E-state index contributed by atoms with van der Waals surface area (Å²) in [5, 5.41) is 20.4. The van der Waals surface area contributed by atoms with Gasteiger partial charge >= 0.3 is 11.9 Å². The number of hydrogen-bond donors (Lipinski definition) is 4. The van der Waals surface area contributed by atoms with Crippen molar-refractivity contribution in [3.63, 3.8) is 0 Å². The maximum atomic E-state index is 11.8. The maximum Gasteiger partial charge on any atom is 0.329 e. The average molecular weight is 272 g/mol. The summed E-state index contributed by atoms with van der Waals surface area (Å²) in [5.41, 5.74) is 4.13. The Kier molecular flexibility index (Phi) is 4.88. The van der Waals surface area contributed by atoms with E-state index in [2.05, 4.69) is 5.32 Å².